The van der Waals surface area contributed by atoms with Gasteiger partial charge in [-0.3, -0.25) is 4.79 Å². The molecule has 0 N–H and O–H groups in total. The van der Waals surface area contributed by atoms with Gasteiger partial charge in [0.1, 0.15) is 0 Å². The number of carbonyl (C=O) groups excluding carboxylic acids is 1. The van der Waals surface area contributed by atoms with Crippen molar-refractivity contribution in [2.24, 2.45) is 0 Å². The molecule has 1 aliphatic rings. The fraction of sp³-hybridized carbons (Fsp3) is 0.318. The van der Waals surface area contributed by atoms with E-state index in [9.17, 15) is 4.79 Å². The van der Waals surface area contributed by atoms with E-state index >= 15 is 0 Å². The molecule has 0 radical (unpaired) electrons. The first-order chi connectivity index (χ1) is 12.8. The number of rotatable bonds is 4. The third kappa shape index (κ3) is 3.74. The first-order valence-corrected chi connectivity index (χ1v) is 9.33. The maximum absolute atomic E-state index is 12.5. The van der Waals surface area contributed by atoms with Crippen LogP contribution in [-0.4, -0.2) is 33.9 Å². The van der Waals surface area contributed by atoms with Crippen LogP contribution in [0.1, 0.15) is 36.4 Å². The molecule has 1 amide bonds. The second-order valence-corrected chi connectivity index (χ2v) is 6.93. The number of amides is 1. The lowest BCUT2D eigenvalue weighted by Crippen LogP contribution is -2.38. The number of hydrogen-bond acceptors (Lipinski definition) is 3. The van der Waals surface area contributed by atoms with Crippen LogP contribution >= 0.6 is 0 Å². The summed E-state index contributed by atoms with van der Waals surface area (Å²) in [4.78, 5) is 23.6. The van der Waals surface area contributed by atoms with Crippen molar-refractivity contribution in [3.63, 3.8) is 0 Å². The van der Waals surface area contributed by atoms with Crippen LogP contribution in [0, 0.1) is 0 Å². The van der Waals surface area contributed by atoms with Gasteiger partial charge in [-0.15, -0.1) is 0 Å². The summed E-state index contributed by atoms with van der Waals surface area (Å²) in [6.45, 7) is 1.64. The van der Waals surface area contributed by atoms with Gasteiger partial charge in [-0.1, -0.05) is 30.3 Å². The number of fused-ring (bicyclic) bond motifs is 1. The number of benzene rings is 1. The number of nitrogens with zero attached hydrogens (tertiary/aromatic N) is 3. The minimum absolute atomic E-state index is 0.264. The Hall–Kier alpha value is -2.75. The van der Waals surface area contributed by atoms with E-state index in [0.29, 0.717) is 12.3 Å². The molecule has 4 heteroatoms. The molecule has 2 aromatic heterocycles. The minimum atomic E-state index is 0.264. The van der Waals surface area contributed by atoms with Crippen molar-refractivity contribution in [3.05, 3.63) is 72.1 Å². The van der Waals surface area contributed by atoms with E-state index in [1.54, 1.807) is 6.20 Å². The summed E-state index contributed by atoms with van der Waals surface area (Å²) >= 11 is 0. The molecular weight excluding hydrogens is 322 g/mol. The van der Waals surface area contributed by atoms with Gasteiger partial charge in [0.2, 0.25) is 5.91 Å². The van der Waals surface area contributed by atoms with Crippen molar-refractivity contribution in [2.45, 2.75) is 31.6 Å². The van der Waals surface area contributed by atoms with Crippen LogP contribution in [0.2, 0.25) is 0 Å². The quantitative estimate of drug-likeness (QED) is 0.719. The van der Waals surface area contributed by atoms with Gasteiger partial charge in [-0.25, -0.2) is 9.97 Å². The SMILES string of the molecule is O=C(CCc1ccccc1)N1CCC(c2ccc3cccnc3n2)CC1. The molecule has 0 spiro atoms. The van der Waals surface area contributed by atoms with Crippen LogP contribution < -0.4 is 0 Å². The Kier molecular flexibility index (Phi) is 4.91. The van der Waals surface area contributed by atoms with E-state index in [-0.39, 0.29) is 5.91 Å². The normalized spacial score (nSPS) is 15.3. The number of piperidine rings is 1. The lowest BCUT2D eigenvalue weighted by molar-refractivity contribution is -0.132. The fourth-order valence-corrected chi connectivity index (χ4v) is 3.67. The zero-order valence-electron chi connectivity index (χ0n) is 14.8. The molecule has 1 aliphatic heterocycles. The summed E-state index contributed by atoms with van der Waals surface area (Å²) in [5.41, 5.74) is 3.14. The standard InChI is InChI=1S/C22H23N3O/c26-21(11-8-17-5-2-1-3-6-17)25-15-12-18(13-16-25)20-10-9-19-7-4-14-23-22(19)24-20/h1-7,9-10,14,18H,8,11-13,15-16H2. The number of pyridine rings is 2. The highest BCUT2D eigenvalue weighted by molar-refractivity contribution is 5.76. The lowest BCUT2D eigenvalue weighted by Gasteiger charge is -2.32. The number of likely N-dealkylation sites (tertiary alicyclic amines) is 1. The molecule has 4 rings (SSSR count). The Morgan fingerprint density at radius 1 is 1.00 bits per heavy atom. The molecule has 4 nitrogen and oxygen atoms in total. The van der Waals surface area contributed by atoms with Crippen molar-refractivity contribution in [3.8, 4) is 0 Å². The van der Waals surface area contributed by atoms with Gasteiger partial charge in [0, 0.05) is 42.7 Å². The highest BCUT2D eigenvalue weighted by Crippen LogP contribution is 2.28. The molecule has 1 fully saturated rings. The maximum Gasteiger partial charge on any atom is 0.222 e. The molecule has 0 saturated carbocycles. The third-order valence-corrected chi connectivity index (χ3v) is 5.22. The molecule has 0 unspecified atom stereocenters. The summed E-state index contributed by atoms with van der Waals surface area (Å²) in [5, 5.41) is 1.07. The first-order valence-electron chi connectivity index (χ1n) is 9.33. The smallest absolute Gasteiger partial charge is 0.222 e. The average Bonchev–Trinajstić information content (AvgIpc) is 2.72. The predicted molar refractivity (Wildman–Crippen MR) is 103 cm³/mol. The second kappa shape index (κ2) is 7.65. The predicted octanol–water partition coefficient (Wildman–Crippen LogP) is 3.97. The Balaban J connectivity index is 1.33. The number of carbonyl (C=O) groups is 1. The molecule has 1 saturated heterocycles. The second-order valence-electron chi connectivity index (χ2n) is 6.93. The highest BCUT2D eigenvalue weighted by atomic mass is 16.2. The first kappa shape index (κ1) is 16.7. The van der Waals surface area contributed by atoms with Crippen molar-refractivity contribution in [2.75, 3.05) is 13.1 Å². The van der Waals surface area contributed by atoms with Crippen LogP contribution in [0.3, 0.4) is 0 Å². The molecule has 0 bridgehead atoms. The van der Waals surface area contributed by atoms with Gasteiger partial charge in [0.05, 0.1) is 0 Å². The van der Waals surface area contributed by atoms with Crippen LogP contribution in [0.25, 0.3) is 11.0 Å². The van der Waals surface area contributed by atoms with Gasteiger partial charge < -0.3 is 4.90 Å². The number of aromatic nitrogens is 2. The average molecular weight is 345 g/mol. The fourth-order valence-electron chi connectivity index (χ4n) is 3.67. The van der Waals surface area contributed by atoms with Crippen molar-refractivity contribution in [1.82, 2.24) is 14.9 Å². The topological polar surface area (TPSA) is 46.1 Å². The van der Waals surface area contributed by atoms with Crippen molar-refractivity contribution < 1.29 is 4.79 Å². The Labute approximate surface area is 153 Å². The van der Waals surface area contributed by atoms with Crippen molar-refractivity contribution in [1.29, 1.82) is 0 Å². The maximum atomic E-state index is 12.5. The Bertz CT molecular complexity index is 886. The summed E-state index contributed by atoms with van der Waals surface area (Å²) in [6, 6.07) is 18.4. The van der Waals surface area contributed by atoms with Gasteiger partial charge >= 0.3 is 0 Å². The zero-order valence-corrected chi connectivity index (χ0v) is 14.8. The molecular formula is C22H23N3O. The van der Waals surface area contributed by atoms with E-state index in [4.69, 9.17) is 4.98 Å². The zero-order chi connectivity index (χ0) is 17.8. The van der Waals surface area contributed by atoms with Crippen LogP contribution in [-0.2, 0) is 11.2 Å². The summed E-state index contributed by atoms with van der Waals surface area (Å²) < 4.78 is 0. The molecule has 0 atom stereocenters. The van der Waals surface area contributed by atoms with Gasteiger partial charge in [-0.2, -0.15) is 0 Å². The van der Waals surface area contributed by atoms with Crippen LogP contribution in [0.15, 0.2) is 60.8 Å². The molecule has 26 heavy (non-hydrogen) atoms. The van der Waals surface area contributed by atoms with Gasteiger partial charge in [0.15, 0.2) is 5.65 Å². The minimum Gasteiger partial charge on any atom is -0.343 e. The van der Waals surface area contributed by atoms with Crippen LogP contribution in [0.4, 0.5) is 0 Å². The molecule has 3 heterocycles. The lowest BCUT2D eigenvalue weighted by atomic mass is 9.92. The summed E-state index contributed by atoms with van der Waals surface area (Å²) in [7, 11) is 0. The van der Waals surface area contributed by atoms with E-state index in [0.717, 1.165) is 49.1 Å². The van der Waals surface area contributed by atoms with E-state index in [1.165, 1.54) is 5.56 Å². The Morgan fingerprint density at radius 3 is 2.62 bits per heavy atom. The van der Waals surface area contributed by atoms with E-state index in [1.807, 2.05) is 35.2 Å². The largest absolute Gasteiger partial charge is 0.343 e. The molecule has 1 aromatic carbocycles. The molecule has 0 aliphatic carbocycles. The van der Waals surface area contributed by atoms with Gasteiger partial charge in [-0.05, 0) is 49.1 Å². The number of hydrogen-bond donors (Lipinski definition) is 0. The van der Waals surface area contributed by atoms with E-state index in [2.05, 4.69) is 29.2 Å². The van der Waals surface area contributed by atoms with Crippen molar-refractivity contribution >= 4 is 16.9 Å². The van der Waals surface area contributed by atoms with Crippen LogP contribution in [0.5, 0.6) is 0 Å². The Morgan fingerprint density at radius 2 is 1.81 bits per heavy atom. The highest BCUT2D eigenvalue weighted by Gasteiger charge is 2.24. The summed E-state index contributed by atoms with van der Waals surface area (Å²) in [5.74, 6) is 0.681. The van der Waals surface area contributed by atoms with E-state index < -0.39 is 0 Å². The monoisotopic (exact) mass is 345 g/mol. The molecule has 132 valence electrons. The van der Waals surface area contributed by atoms with Gasteiger partial charge in [0.25, 0.3) is 0 Å². The molecule has 3 aromatic rings. The number of aryl methyl sites for hydroxylation is 1. The summed E-state index contributed by atoms with van der Waals surface area (Å²) in [6.07, 6.45) is 5.14. The third-order valence-electron chi connectivity index (χ3n) is 5.22.